The molecule has 0 aromatic heterocycles. The van der Waals surface area contributed by atoms with E-state index in [1.807, 2.05) is 37.1 Å². The van der Waals surface area contributed by atoms with Gasteiger partial charge in [0.1, 0.15) is 6.04 Å². The minimum atomic E-state index is -0.175. The lowest BCUT2D eigenvalue weighted by Gasteiger charge is -2.35. The third-order valence-corrected chi connectivity index (χ3v) is 3.50. The molecule has 1 aliphatic heterocycles. The average Bonchev–Trinajstić information content (AvgIpc) is 2.34. The second-order valence-corrected chi connectivity index (χ2v) is 4.88. The first kappa shape index (κ1) is 13.2. The van der Waals surface area contributed by atoms with Crippen LogP contribution in [0.2, 0.25) is 5.02 Å². The highest BCUT2D eigenvalue weighted by molar-refractivity contribution is 6.33. The molecule has 1 aromatic rings. The first-order valence-electron chi connectivity index (χ1n) is 6.11. The van der Waals surface area contributed by atoms with Crippen molar-refractivity contribution >= 4 is 23.2 Å². The van der Waals surface area contributed by atoms with Crippen LogP contribution < -0.4 is 15.5 Å². The van der Waals surface area contributed by atoms with Gasteiger partial charge in [0.05, 0.1) is 10.7 Å². The van der Waals surface area contributed by atoms with Crippen LogP contribution in [-0.2, 0) is 11.3 Å². The van der Waals surface area contributed by atoms with E-state index in [9.17, 15) is 4.79 Å². The number of halogens is 1. The second kappa shape index (κ2) is 5.59. The van der Waals surface area contributed by atoms with Crippen molar-refractivity contribution in [1.82, 2.24) is 10.6 Å². The van der Waals surface area contributed by atoms with Gasteiger partial charge in [0.15, 0.2) is 0 Å². The van der Waals surface area contributed by atoms with E-state index in [1.54, 1.807) is 0 Å². The molecule has 1 amide bonds. The standard InChI is InChI=1S/C13H18ClN3O/c1-9-13(18)16-5-6-17(9)12-4-3-10(8-15-2)7-11(12)14/h3-4,7,9,15H,5-6,8H2,1-2H3,(H,16,18). The van der Waals surface area contributed by atoms with E-state index in [0.717, 1.165) is 24.3 Å². The molecule has 2 N–H and O–H groups in total. The topological polar surface area (TPSA) is 44.4 Å². The fraction of sp³-hybridized carbons (Fsp3) is 0.462. The van der Waals surface area contributed by atoms with E-state index >= 15 is 0 Å². The van der Waals surface area contributed by atoms with Crippen LogP contribution in [0.15, 0.2) is 18.2 Å². The minimum Gasteiger partial charge on any atom is -0.357 e. The van der Waals surface area contributed by atoms with Gasteiger partial charge >= 0.3 is 0 Å². The Balaban J connectivity index is 2.24. The van der Waals surface area contributed by atoms with Crippen molar-refractivity contribution in [3.63, 3.8) is 0 Å². The van der Waals surface area contributed by atoms with Gasteiger partial charge in [-0.05, 0) is 31.7 Å². The molecule has 1 aromatic carbocycles. The van der Waals surface area contributed by atoms with Gasteiger partial charge in [-0.3, -0.25) is 4.79 Å². The molecule has 0 aliphatic carbocycles. The summed E-state index contributed by atoms with van der Waals surface area (Å²) in [4.78, 5) is 13.7. The molecule has 18 heavy (non-hydrogen) atoms. The molecular weight excluding hydrogens is 250 g/mol. The van der Waals surface area contributed by atoms with Crippen molar-refractivity contribution < 1.29 is 4.79 Å². The van der Waals surface area contributed by atoms with Gasteiger partial charge in [0.25, 0.3) is 0 Å². The highest BCUT2D eigenvalue weighted by atomic mass is 35.5. The minimum absolute atomic E-state index is 0.0524. The SMILES string of the molecule is CNCc1ccc(N2CCNC(=O)C2C)c(Cl)c1. The molecule has 1 saturated heterocycles. The molecule has 0 bridgehead atoms. The summed E-state index contributed by atoms with van der Waals surface area (Å²) in [6.07, 6.45) is 0. The maximum Gasteiger partial charge on any atom is 0.242 e. The van der Waals surface area contributed by atoms with E-state index < -0.39 is 0 Å². The number of piperazine rings is 1. The zero-order valence-electron chi connectivity index (χ0n) is 10.7. The maximum atomic E-state index is 11.7. The molecule has 5 heteroatoms. The summed E-state index contributed by atoms with van der Waals surface area (Å²) >= 11 is 6.31. The van der Waals surface area contributed by atoms with Crippen molar-refractivity contribution in [3.8, 4) is 0 Å². The summed E-state index contributed by atoms with van der Waals surface area (Å²) in [5.74, 6) is 0.0524. The number of carbonyl (C=O) groups excluding carboxylic acids is 1. The lowest BCUT2D eigenvalue weighted by molar-refractivity contribution is -0.122. The molecule has 1 atom stereocenters. The van der Waals surface area contributed by atoms with Gasteiger partial charge in [-0.15, -0.1) is 0 Å². The summed E-state index contributed by atoms with van der Waals surface area (Å²) in [5, 5.41) is 6.64. The van der Waals surface area contributed by atoms with Crippen molar-refractivity contribution in [3.05, 3.63) is 28.8 Å². The van der Waals surface area contributed by atoms with Crippen LogP contribution in [0, 0.1) is 0 Å². The van der Waals surface area contributed by atoms with Crippen molar-refractivity contribution in [2.24, 2.45) is 0 Å². The first-order valence-corrected chi connectivity index (χ1v) is 6.48. The fourth-order valence-corrected chi connectivity index (χ4v) is 2.52. The number of anilines is 1. The predicted molar refractivity (Wildman–Crippen MR) is 74.0 cm³/mol. The van der Waals surface area contributed by atoms with Crippen molar-refractivity contribution in [2.45, 2.75) is 19.5 Å². The Morgan fingerprint density at radius 2 is 2.33 bits per heavy atom. The Labute approximate surface area is 112 Å². The van der Waals surface area contributed by atoms with Crippen LogP contribution in [0.1, 0.15) is 12.5 Å². The number of carbonyl (C=O) groups is 1. The first-order chi connectivity index (χ1) is 8.63. The zero-order chi connectivity index (χ0) is 13.1. The third-order valence-electron chi connectivity index (χ3n) is 3.20. The molecule has 1 aliphatic rings. The Kier molecular flexibility index (Phi) is 4.09. The Hall–Kier alpha value is -1.26. The zero-order valence-corrected chi connectivity index (χ0v) is 11.4. The number of hydrogen-bond donors (Lipinski definition) is 2. The average molecular weight is 268 g/mol. The third kappa shape index (κ3) is 2.60. The number of nitrogens with one attached hydrogen (secondary N) is 2. The van der Waals surface area contributed by atoms with Gasteiger partial charge in [0, 0.05) is 19.6 Å². The smallest absolute Gasteiger partial charge is 0.242 e. The van der Waals surface area contributed by atoms with Crippen molar-refractivity contribution in [2.75, 3.05) is 25.0 Å². The largest absolute Gasteiger partial charge is 0.357 e. The van der Waals surface area contributed by atoms with Gasteiger partial charge in [-0.1, -0.05) is 17.7 Å². The lowest BCUT2D eigenvalue weighted by atomic mass is 10.1. The number of rotatable bonds is 3. The van der Waals surface area contributed by atoms with Crippen LogP contribution in [0.3, 0.4) is 0 Å². The number of nitrogens with zero attached hydrogens (tertiary/aromatic N) is 1. The van der Waals surface area contributed by atoms with Gasteiger partial charge in [-0.25, -0.2) is 0 Å². The highest BCUT2D eigenvalue weighted by Gasteiger charge is 2.26. The second-order valence-electron chi connectivity index (χ2n) is 4.48. The summed E-state index contributed by atoms with van der Waals surface area (Å²) in [7, 11) is 1.90. The molecule has 1 fully saturated rings. The van der Waals surface area contributed by atoms with E-state index in [4.69, 9.17) is 11.6 Å². The normalized spacial score (nSPS) is 19.8. The van der Waals surface area contributed by atoms with Crippen molar-refractivity contribution in [1.29, 1.82) is 0 Å². The van der Waals surface area contributed by atoms with Gasteiger partial charge in [-0.2, -0.15) is 0 Å². The Bertz CT molecular complexity index is 450. The summed E-state index contributed by atoms with van der Waals surface area (Å²) in [5.41, 5.74) is 2.07. The number of benzene rings is 1. The van der Waals surface area contributed by atoms with E-state index in [1.165, 1.54) is 0 Å². The maximum absolute atomic E-state index is 11.7. The summed E-state index contributed by atoms with van der Waals surface area (Å²) < 4.78 is 0. The Morgan fingerprint density at radius 3 is 3.00 bits per heavy atom. The molecule has 2 rings (SSSR count). The van der Waals surface area contributed by atoms with Crippen LogP contribution >= 0.6 is 11.6 Å². The van der Waals surface area contributed by atoms with E-state index in [2.05, 4.69) is 10.6 Å². The van der Waals surface area contributed by atoms with E-state index in [0.29, 0.717) is 11.6 Å². The summed E-state index contributed by atoms with van der Waals surface area (Å²) in [6.45, 7) is 4.14. The highest BCUT2D eigenvalue weighted by Crippen LogP contribution is 2.29. The molecule has 4 nitrogen and oxygen atoms in total. The fourth-order valence-electron chi connectivity index (χ4n) is 2.21. The molecule has 0 radical (unpaired) electrons. The van der Waals surface area contributed by atoms with Crippen LogP contribution in [0.25, 0.3) is 0 Å². The molecule has 1 unspecified atom stereocenters. The van der Waals surface area contributed by atoms with Crippen LogP contribution in [-0.4, -0.2) is 32.1 Å². The monoisotopic (exact) mass is 267 g/mol. The molecule has 0 spiro atoms. The lowest BCUT2D eigenvalue weighted by Crippen LogP contribution is -2.54. The van der Waals surface area contributed by atoms with Gasteiger partial charge in [0.2, 0.25) is 5.91 Å². The predicted octanol–water partition coefficient (Wildman–Crippen LogP) is 1.38. The Morgan fingerprint density at radius 1 is 1.56 bits per heavy atom. The van der Waals surface area contributed by atoms with E-state index in [-0.39, 0.29) is 11.9 Å². The van der Waals surface area contributed by atoms with Crippen LogP contribution in [0.5, 0.6) is 0 Å². The molecule has 98 valence electrons. The van der Waals surface area contributed by atoms with Crippen LogP contribution in [0.4, 0.5) is 5.69 Å². The quantitative estimate of drug-likeness (QED) is 0.870. The molecule has 0 saturated carbocycles. The molecular formula is C13H18ClN3O. The summed E-state index contributed by atoms with van der Waals surface area (Å²) in [6, 6.07) is 5.81. The number of hydrogen-bond acceptors (Lipinski definition) is 3. The van der Waals surface area contributed by atoms with Gasteiger partial charge < -0.3 is 15.5 Å². The number of amides is 1. The molecule has 1 heterocycles.